The predicted molar refractivity (Wildman–Crippen MR) is 77.0 cm³/mol. The molecule has 1 aliphatic heterocycles. The van der Waals surface area contributed by atoms with E-state index in [4.69, 9.17) is 0 Å². The molecule has 0 bridgehead atoms. The van der Waals surface area contributed by atoms with Crippen LogP contribution in [-0.4, -0.2) is 24.5 Å². The monoisotopic (exact) mass is 274 g/mol. The maximum atomic E-state index is 12.2. The van der Waals surface area contributed by atoms with Crippen LogP contribution >= 0.6 is 12.4 Å². The van der Waals surface area contributed by atoms with Gasteiger partial charge in [-0.2, -0.15) is 0 Å². The molecule has 0 aromatic carbocycles. The number of hydrogen-bond acceptors (Lipinski definition) is 2. The molecule has 18 heavy (non-hydrogen) atoms. The van der Waals surface area contributed by atoms with E-state index in [1.54, 1.807) is 0 Å². The summed E-state index contributed by atoms with van der Waals surface area (Å²) in [6.45, 7) is 8.40. The summed E-state index contributed by atoms with van der Waals surface area (Å²) in [5.41, 5.74) is 0.0754. The number of piperidine rings is 1. The fourth-order valence-corrected chi connectivity index (χ4v) is 2.82. The van der Waals surface area contributed by atoms with Gasteiger partial charge in [-0.1, -0.05) is 13.8 Å². The average Bonchev–Trinajstić information content (AvgIpc) is 3.08. The zero-order chi connectivity index (χ0) is 12.5. The van der Waals surface area contributed by atoms with E-state index in [-0.39, 0.29) is 23.9 Å². The second-order valence-electron chi connectivity index (χ2n) is 6.42. The summed E-state index contributed by atoms with van der Waals surface area (Å²) in [5.74, 6) is 0.874. The standard InChI is InChI=1S/C14H26N2O.ClH/c1-11(2)14(7-8-14)10-15-12(17)13(3)6-4-5-9-16-13;/h11,16H,4-10H2,1-3H3,(H,15,17);1H. The van der Waals surface area contributed by atoms with Gasteiger partial charge in [0.15, 0.2) is 0 Å². The highest BCUT2D eigenvalue weighted by atomic mass is 35.5. The van der Waals surface area contributed by atoms with Crippen molar-refractivity contribution in [1.82, 2.24) is 10.6 Å². The number of carbonyl (C=O) groups excluding carboxylic acids is 1. The molecule has 2 N–H and O–H groups in total. The average molecular weight is 275 g/mol. The molecule has 0 spiro atoms. The molecule has 4 heteroatoms. The highest BCUT2D eigenvalue weighted by Gasteiger charge is 2.46. The lowest BCUT2D eigenvalue weighted by molar-refractivity contribution is -0.128. The summed E-state index contributed by atoms with van der Waals surface area (Å²) in [6, 6.07) is 0. The second-order valence-corrected chi connectivity index (χ2v) is 6.42. The zero-order valence-electron chi connectivity index (χ0n) is 11.8. The van der Waals surface area contributed by atoms with Crippen molar-refractivity contribution in [1.29, 1.82) is 0 Å². The quantitative estimate of drug-likeness (QED) is 0.827. The fraction of sp³-hybridized carbons (Fsp3) is 0.929. The molecule has 0 aromatic heterocycles. The lowest BCUT2D eigenvalue weighted by Gasteiger charge is -2.34. The molecular formula is C14H27ClN2O. The van der Waals surface area contributed by atoms with Crippen molar-refractivity contribution in [3.63, 3.8) is 0 Å². The largest absolute Gasteiger partial charge is 0.354 e. The number of rotatable bonds is 4. The number of nitrogens with one attached hydrogen (secondary N) is 2. The molecule has 1 saturated heterocycles. The Bertz CT molecular complexity index is 294. The predicted octanol–water partition coefficient (Wildman–Crippen LogP) is 2.49. The Morgan fingerprint density at radius 2 is 1.94 bits per heavy atom. The summed E-state index contributed by atoms with van der Waals surface area (Å²) < 4.78 is 0. The van der Waals surface area contributed by atoms with Gasteiger partial charge in [-0.25, -0.2) is 0 Å². The van der Waals surface area contributed by atoms with E-state index < -0.39 is 0 Å². The van der Waals surface area contributed by atoms with Crippen molar-refractivity contribution in [2.45, 2.75) is 58.4 Å². The van der Waals surface area contributed by atoms with Crippen LogP contribution in [0.1, 0.15) is 52.9 Å². The molecule has 0 aromatic rings. The maximum absolute atomic E-state index is 12.2. The van der Waals surface area contributed by atoms with Crippen LogP contribution in [0.25, 0.3) is 0 Å². The van der Waals surface area contributed by atoms with Crippen LogP contribution in [0, 0.1) is 11.3 Å². The SMILES string of the molecule is CC(C)C1(CNC(=O)C2(C)CCCCN2)CC1.Cl. The molecule has 1 heterocycles. The Labute approximate surface area is 117 Å². The van der Waals surface area contributed by atoms with E-state index in [0.717, 1.165) is 25.9 Å². The molecule has 3 nitrogen and oxygen atoms in total. The van der Waals surface area contributed by atoms with Crippen LogP contribution in [0.2, 0.25) is 0 Å². The molecule has 1 saturated carbocycles. The zero-order valence-corrected chi connectivity index (χ0v) is 12.7. The van der Waals surface area contributed by atoms with Crippen molar-refractivity contribution in [3.8, 4) is 0 Å². The first-order chi connectivity index (χ1) is 7.99. The first-order valence-electron chi connectivity index (χ1n) is 7.02. The van der Waals surface area contributed by atoms with Gasteiger partial charge in [0.2, 0.25) is 5.91 Å². The van der Waals surface area contributed by atoms with Gasteiger partial charge in [0.1, 0.15) is 0 Å². The summed E-state index contributed by atoms with van der Waals surface area (Å²) in [5, 5.41) is 6.54. The van der Waals surface area contributed by atoms with Gasteiger partial charge < -0.3 is 10.6 Å². The summed E-state index contributed by atoms with van der Waals surface area (Å²) in [6.07, 6.45) is 5.86. The van der Waals surface area contributed by atoms with Gasteiger partial charge in [-0.05, 0) is 56.9 Å². The topological polar surface area (TPSA) is 41.1 Å². The number of amides is 1. The molecule has 1 unspecified atom stereocenters. The molecule has 2 rings (SSSR count). The van der Waals surface area contributed by atoms with Crippen molar-refractivity contribution in [2.75, 3.05) is 13.1 Å². The van der Waals surface area contributed by atoms with Crippen LogP contribution < -0.4 is 10.6 Å². The molecule has 0 radical (unpaired) electrons. The van der Waals surface area contributed by atoms with E-state index >= 15 is 0 Å². The molecule has 2 fully saturated rings. The van der Waals surface area contributed by atoms with E-state index in [1.807, 2.05) is 6.92 Å². The third-order valence-electron chi connectivity index (χ3n) is 4.84. The summed E-state index contributed by atoms with van der Waals surface area (Å²) >= 11 is 0. The Morgan fingerprint density at radius 3 is 2.39 bits per heavy atom. The smallest absolute Gasteiger partial charge is 0.240 e. The van der Waals surface area contributed by atoms with Gasteiger partial charge in [0.05, 0.1) is 5.54 Å². The van der Waals surface area contributed by atoms with E-state index in [2.05, 4.69) is 24.5 Å². The first kappa shape index (κ1) is 15.8. The van der Waals surface area contributed by atoms with Crippen molar-refractivity contribution in [2.24, 2.45) is 11.3 Å². The third-order valence-corrected chi connectivity index (χ3v) is 4.84. The van der Waals surface area contributed by atoms with Gasteiger partial charge in [0.25, 0.3) is 0 Å². The maximum Gasteiger partial charge on any atom is 0.240 e. The lowest BCUT2D eigenvalue weighted by atomic mass is 9.88. The van der Waals surface area contributed by atoms with E-state index in [9.17, 15) is 4.79 Å². The fourth-order valence-electron chi connectivity index (χ4n) is 2.82. The summed E-state index contributed by atoms with van der Waals surface area (Å²) in [7, 11) is 0. The third kappa shape index (κ3) is 3.18. The highest BCUT2D eigenvalue weighted by molar-refractivity contribution is 5.86. The molecule has 2 aliphatic rings. The van der Waals surface area contributed by atoms with Crippen molar-refractivity contribution < 1.29 is 4.79 Å². The Hall–Kier alpha value is -0.280. The van der Waals surface area contributed by atoms with Gasteiger partial charge in [0, 0.05) is 6.54 Å². The molecule has 106 valence electrons. The minimum absolute atomic E-state index is 0. The number of halogens is 1. The highest BCUT2D eigenvalue weighted by Crippen LogP contribution is 2.51. The second kappa shape index (κ2) is 5.79. The molecule has 1 aliphatic carbocycles. The van der Waals surface area contributed by atoms with E-state index in [1.165, 1.54) is 19.3 Å². The summed E-state index contributed by atoms with van der Waals surface area (Å²) in [4.78, 5) is 12.2. The van der Waals surface area contributed by atoms with Gasteiger partial charge >= 0.3 is 0 Å². The van der Waals surface area contributed by atoms with Crippen LogP contribution in [0.3, 0.4) is 0 Å². The van der Waals surface area contributed by atoms with Crippen LogP contribution in [0.5, 0.6) is 0 Å². The lowest BCUT2D eigenvalue weighted by Crippen LogP contribution is -2.57. The van der Waals surface area contributed by atoms with E-state index in [0.29, 0.717) is 11.3 Å². The number of hydrogen-bond donors (Lipinski definition) is 2. The van der Waals surface area contributed by atoms with Gasteiger partial charge in [-0.3, -0.25) is 4.79 Å². The molecule has 1 amide bonds. The Morgan fingerprint density at radius 1 is 1.28 bits per heavy atom. The Balaban J connectivity index is 0.00000162. The molecular weight excluding hydrogens is 248 g/mol. The normalized spacial score (nSPS) is 29.6. The van der Waals surface area contributed by atoms with Crippen LogP contribution in [-0.2, 0) is 4.79 Å². The Kier molecular flexibility index (Phi) is 5.07. The van der Waals surface area contributed by atoms with Gasteiger partial charge in [-0.15, -0.1) is 12.4 Å². The van der Waals surface area contributed by atoms with Crippen molar-refractivity contribution in [3.05, 3.63) is 0 Å². The minimum Gasteiger partial charge on any atom is -0.354 e. The van der Waals surface area contributed by atoms with Crippen LogP contribution in [0.15, 0.2) is 0 Å². The number of carbonyl (C=O) groups is 1. The van der Waals surface area contributed by atoms with Crippen molar-refractivity contribution >= 4 is 18.3 Å². The van der Waals surface area contributed by atoms with Crippen LogP contribution in [0.4, 0.5) is 0 Å². The molecule has 1 atom stereocenters. The first-order valence-corrected chi connectivity index (χ1v) is 7.02. The minimum atomic E-state index is -0.328.